The predicted molar refractivity (Wildman–Crippen MR) is 208 cm³/mol. The number of likely N-dealkylation sites (N-methyl/N-ethyl adjacent to an activating group) is 1. The number of amides is 4. The average molecular weight is 788 g/mol. The van der Waals surface area contributed by atoms with Gasteiger partial charge in [0.2, 0.25) is 17.7 Å². The predicted octanol–water partition coefficient (Wildman–Crippen LogP) is 3.07. The fraction of sp³-hybridized carbons (Fsp3) is 0.575. The monoisotopic (exact) mass is 787 g/mol. The van der Waals surface area contributed by atoms with Crippen molar-refractivity contribution in [1.29, 1.82) is 0 Å². The highest BCUT2D eigenvalue weighted by molar-refractivity contribution is 6.17. The lowest BCUT2D eigenvalue weighted by Gasteiger charge is -2.38. The van der Waals surface area contributed by atoms with Gasteiger partial charge in [0.15, 0.2) is 0 Å². The molecule has 0 aromatic heterocycles. The minimum Gasteiger partial charge on any atom is -0.508 e. The summed E-state index contributed by atoms with van der Waals surface area (Å²) in [7, 11) is 1.46. The van der Waals surface area contributed by atoms with Crippen LogP contribution in [0.4, 0.5) is 0 Å². The summed E-state index contributed by atoms with van der Waals surface area (Å²) < 4.78 is 0. The zero-order valence-electron chi connectivity index (χ0n) is 32.0. The van der Waals surface area contributed by atoms with Gasteiger partial charge < -0.3 is 46.6 Å². The number of carboxylic acids is 1. The van der Waals surface area contributed by atoms with Crippen LogP contribution in [0.1, 0.15) is 82.8 Å². The van der Waals surface area contributed by atoms with E-state index in [0.717, 1.165) is 25.7 Å². The molecule has 1 aliphatic heterocycles. The molecule has 0 saturated carbocycles. The zero-order valence-corrected chi connectivity index (χ0v) is 32.8. The number of likely N-dealkylation sites (tertiary alicyclic amines) is 1. The summed E-state index contributed by atoms with van der Waals surface area (Å²) >= 11 is 5.74. The number of phenols is 2. The summed E-state index contributed by atoms with van der Waals surface area (Å²) in [6, 6.07) is 6.65. The Balaban J connectivity index is 1.80. The van der Waals surface area contributed by atoms with Crippen molar-refractivity contribution in [3.63, 3.8) is 0 Å². The van der Waals surface area contributed by atoms with E-state index < -0.39 is 65.9 Å². The largest absolute Gasteiger partial charge is 0.508 e. The quantitative estimate of drug-likeness (QED) is 0.0683. The maximum absolute atomic E-state index is 14.4. The third-order valence-corrected chi connectivity index (χ3v) is 10.6. The van der Waals surface area contributed by atoms with Crippen molar-refractivity contribution in [3.8, 4) is 11.5 Å². The number of nitrogens with one attached hydrogen (secondary N) is 2. The number of aliphatic hydroxyl groups is 1. The van der Waals surface area contributed by atoms with Gasteiger partial charge in [-0.1, -0.05) is 70.2 Å². The van der Waals surface area contributed by atoms with Gasteiger partial charge in [-0.25, -0.2) is 4.79 Å². The van der Waals surface area contributed by atoms with Gasteiger partial charge in [-0.2, -0.15) is 0 Å². The highest BCUT2D eigenvalue weighted by atomic mass is 35.5. The Bertz CT molecular complexity index is 1560. The number of hydrogen-bond donors (Lipinski definition) is 7. The fourth-order valence-electron chi connectivity index (χ4n) is 6.89. The number of unbranched alkanes of at least 4 members (excludes halogenated alkanes) is 4. The van der Waals surface area contributed by atoms with Crippen LogP contribution >= 0.6 is 11.6 Å². The van der Waals surface area contributed by atoms with Crippen molar-refractivity contribution < 1.29 is 44.4 Å². The third-order valence-electron chi connectivity index (χ3n) is 10.4. The zero-order chi connectivity index (χ0) is 40.7. The summed E-state index contributed by atoms with van der Waals surface area (Å²) in [5.41, 5.74) is 7.39. The first-order valence-electron chi connectivity index (χ1n) is 19.1. The number of nitrogens with two attached hydrogens (primary N) is 1. The molecule has 1 aliphatic rings. The Morgan fingerprint density at radius 3 is 1.98 bits per heavy atom. The molecule has 0 aliphatic carbocycles. The van der Waals surface area contributed by atoms with Crippen LogP contribution in [0.5, 0.6) is 11.5 Å². The molecule has 0 bridgehead atoms. The van der Waals surface area contributed by atoms with Gasteiger partial charge in [0.05, 0.1) is 0 Å². The molecule has 2 aromatic carbocycles. The maximum atomic E-state index is 14.4. The SMILES string of the molecule is CC[C@H](C)[C@@H](C(=O)N1CCC[C@H]1C(=O)N[C@@H](Cc1ccc(O)cc1)C(=O)O)N(C)C(=O)[C@H](Cc1ccc(O)cc1)NC(=O)[C@H](O)[C@@H](N)CCCCCCCCl. The van der Waals surface area contributed by atoms with Crippen LogP contribution in [-0.4, -0.2) is 116 Å². The van der Waals surface area contributed by atoms with Crippen LogP contribution in [0.3, 0.4) is 0 Å². The fourth-order valence-corrected chi connectivity index (χ4v) is 7.08. The van der Waals surface area contributed by atoms with E-state index in [-0.39, 0.29) is 36.8 Å². The standard InChI is InChI=1S/C40H58ClN5O9/c1-4-25(2)34(39(53)46-22-10-12-33(46)36(50)44-32(40(54)55)24-27-15-19-29(48)20-16-27)45(3)38(52)31(23-26-13-17-28(47)18-14-26)43-37(51)35(49)30(42)11-8-6-5-7-9-21-41/h13-20,25,30-35,47-49H,4-12,21-24,42H2,1-3H3,(H,43,51)(H,44,50)(H,54,55)/t25-,30-,31-,32-,33-,34-,35+/m0/s1. The Kier molecular flexibility index (Phi) is 18.2. The van der Waals surface area contributed by atoms with Crippen molar-refractivity contribution in [2.75, 3.05) is 19.5 Å². The first-order chi connectivity index (χ1) is 26.2. The number of nitrogens with zero attached hydrogens (tertiary/aromatic N) is 2. The molecule has 14 nitrogen and oxygen atoms in total. The molecule has 1 saturated heterocycles. The second-order valence-corrected chi connectivity index (χ2v) is 14.9. The minimum atomic E-state index is -1.59. The molecule has 0 unspecified atom stereocenters. The molecule has 7 atom stereocenters. The number of hydrogen-bond acceptors (Lipinski definition) is 9. The van der Waals surface area contributed by atoms with Crippen LogP contribution in [-0.2, 0) is 36.8 Å². The Hall–Kier alpha value is -4.40. The van der Waals surface area contributed by atoms with Crippen molar-refractivity contribution in [1.82, 2.24) is 20.4 Å². The van der Waals surface area contributed by atoms with Gasteiger partial charge in [0.25, 0.3) is 5.91 Å². The lowest BCUT2D eigenvalue weighted by Crippen LogP contribution is -2.60. The van der Waals surface area contributed by atoms with Crippen molar-refractivity contribution in [2.24, 2.45) is 11.7 Å². The summed E-state index contributed by atoms with van der Waals surface area (Å²) in [5, 5.41) is 45.4. The van der Waals surface area contributed by atoms with Crippen LogP contribution in [0.15, 0.2) is 48.5 Å². The molecule has 2 aromatic rings. The number of benzene rings is 2. The molecule has 1 fully saturated rings. The number of phenolic OH excluding ortho intramolecular Hbond substituents is 2. The van der Waals surface area contributed by atoms with E-state index in [2.05, 4.69) is 10.6 Å². The molecule has 0 spiro atoms. The topological polar surface area (TPSA) is 223 Å². The van der Waals surface area contributed by atoms with Gasteiger partial charge in [-0.3, -0.25) is 19.2 Å². The maximum Gasteiger partial charge on any atom is 0.326 e. The molecule has 55 heavy (non-hydrogen) atoms. The van der Waals surface area contributed by atoms with Crippen molar-refractivity contribution >= 4 is 41.2 Å². The lowest BCUT2D eigenvalue weighted by atomic mass is 9.94. The normalized spacial score (nSPS) is 17.3. The van der Waals surface area contributed by atoms with E-state index in [1.165, 1.54) is 41.1 Å². The summed E-state index contributed by atoms with van der Waals surface area (Å²) in [6.45, 7) is 3.89. The molecule has 304 valence electrons. The molecule has 15 heteroatoms. The van der Waals surface area contributed by atoms with Gasteiger partial charge >= 0.3 is 5.97 Å². The molecule has 8 N–H and O–H groups in total. The number of halogens is 1. The number of aliphatic hydroxyl groups excluding tert-OH is 1. The van der Waals surface area contributed by atoms with E-state index in [1.54, 1.807) is 24.3 Å². The number of aliphatic carboxylic acids is 1. The van der Waals surface area contributed by atoms with E-state index >= 15 is 0 Å². The van der Waals surface area contributed by atoms with E-state index in [4.69, 9.17) is 17.3 Å². The minimum absolute atomic E-state index is 0.0125. The number of carbonyl (C=O) groups excluding carboxylic acids is 4. The van der Waals surface area contributed by atoms with Gasteiger partial charge in [-0.15, -0.1) is 11.6 Å². The number of aromatic hydroxyl groups is 2. The molecule has 0 radical (unpaired) electrons. The van der Waals surface area contributed by atoms with E-state index in [0.29, 0.717) is 49.1 Å². The summed E-state index contributed by atoms with van der Waals surface area (Å²) in [6.07, 6.45) is 4.42. The number of carbonyl (C=O) groups is 5. The summed E-state index contributed by atoms with van der Waals surface area (Å²) in [4.78, 5) is 70.5. The van der Waals surface area contributed by atoms with Gasteiger partial charge in [0, 0.05) is 38.4 Å². The van der Waals surface area contributed by atoms with Crippen LogP contribution in [0.25, 0.3) is 0 Å². The number of alkyl halides is 1. The van der Waals surface area contributed by atoms with E-state index in [9.17, 15) is 44.4 Å². The van der Waals surface area contributed by atoms with Crippen molar-refractivity contribution in [2.45, 2.75) is 121 Å². The van der Waals surface area contributed by atoms with Crippen LogP contribution < -0.4 is 16.4 Å². The highest BCUT2D eigenvalue weighted by Gasteiger charge is 2.43. The highest BCUT2D eigenvalue weighted by Crippen LogP contribution is 2.25. The van der Waals surface area contributed by atoms with Crippen LogP contribution in [0, 0.1) is 5.92 Å². The Morgan fingerprint density at radius 2 is 1.44 bits per heavy atom. The lowest BCUT2D eigenvalue weighted by molar-refractivity contribution is -0.151. The van der Waals surface area contributed by atoms with Gasteiger partial charge in [-0.05, 0) is 67.0 Å². The Labute approximate surface area is 328 Å². The molecular formula is C40H58ClN5O9. The first-order valence-corrected chi connectivity index (χ1v) is 19.7. The van der Waals surface area contributed by atoms with Crippen LogP contribution in [0.2, 0.25) is 0 Å². The number of rotatable bonds is 22. The van der Waals surface area contributed by atoms with Gasteiger partial charge in [0.1, 0.15) is 41.8 Å². The Morgan fingerprint density at radius 1 is 0.891 bits per heavy atom. The first kappa shape index (κ1) is 45.0. The van der Waals surface area contributed by atoms with E-state index in [1.807, 2.05) is 13.8 Å². The summed E-state index contributed by atoms with van der Waals surface area (Å²) in [5.74, 6) is -3.58. The smallest absolute Gasteiger partial charge is 0.326 e. The molecule has 4 amide bonds. The average Bonchev–Trinajstić information content (AvgIpc) is 3.67. The second kappa shape index (κ2) is 22.2. The second-order valence-electron chi connectivity index (χ2n) is 14.5. The molecular weight excluding hydrogens is 730 g/mol. The molecule has 1 heterocycles. The third kappa shape index (κ3) is 13.4. The molecule has 3 rings (SSSR count). The number of carboxylic acid groups (broad SMARTS) is 1. The van der Waals surface area contributed by atoms with Crippen molar-refractivity contribution in [3.05, 3.63) is 59.7 Å².